The van der Waals surface area contributed by atoms with Crippen LogP contribution in [0.4, 0.5) is 0 Å². The molecule has 8 rings (SSSR count). The largest absolute Gasteiger partial charge is 0.493 e. The molecule has 0 spiro atoms. The van der Waals surface area contributed by atoms with Crippen molar-refractivity contribution in [1.82, 2.24) is 9.80 Å². The van der Waals surface area contributed by atoms with Gasteiger partial charge in [0.1, 0.15) is 22.7 Å². The SMILES string of the molecule is COc1ccc(C(C#N)(CCCN(C)CCS(=O)(=O)Cc2cccc3c(=O)c(C)c(-c4ccccc4)oc23)C(C)C)cc1OC.COc1ccc(C(C#N)(CCCN(C)CCS(=O)(=O)Cc2cccc3c(=O)c(C)c(-c4ccccc4)oc23)C(C)C)cc1OC.Cl.Cl.O. The Bertz CT molecular complexity index is 3980. The smallest absolute Gasteiger partial charge is 0.196 e. The maximum Gasteiger partial charge on any atom is 0.196 e. The van der Waals surface area contributed by atoms with Gasteiger partial charge in [-0.1, -0.05) is 125 Å². The van der Waals surface area contributed by atoms with E-state index < -0.39 is 30.5 Å². The number of hydrogen-bond acceptors (Lipinski definition) is 16. The molecule has 21 heteroatoms. The van der Waals surface area contributed by atoms with Gasteiger partial charge in [0.05, 0.1) is 85.2 Å². The highest BCUT2D eigenvalue weighted by atomic mass is 35.5. The van der Waals surface area contributed by atoms with E-state index >= 15 is 0 Å². The fourth-order valence-corrected chi connectivity index (χ4v) is 14.5. The Labute approximate surface area is 560 Å². The first-order chi connectivity index (χ1) is 42.9. The minimum atomic E-state index is -3.53. The average Bonchev–Trinajstić information content (AvgIpc) is 0.903. The zero-order valence-corrected chi connectivity index (χ0v) is 58.4. The fourth-order valence-electron chi connectivity index (χ4n) is 11.6. The molecule has 0 amide bonds. The van der Waals surface area contributed by atoms with E-state index in [1.165, 1.54) is 0 Å². The molecule has 500 valence electrons. The Balaban J connectivity index is 0.000000384. The second-order valence-electron chi connectivity index (χ2n) is 23.7. The summed E-state index contributed by atoms with van der Waals surface area (Å²) >= 11 is 0. The average molecular weight is 1350 g/mol. The van der Waals surface area contributed by atoms with Gasteiger partial charge in [0, 0.05) is 46.5 Å². The number of hydrogen-bond donors (Lipinski definition) is 0. The molecular formula is C72H88Cl2N4O13S2. The van der Waals surface area contributed by atoms with Crippen LogP contribution in [0.5, 0.6) is 23.0 Å². The lowest BCUT2D eigenvalue weighted by Gasteiger charge is -2.32. The van der Waals surface area contributed by atoms with Crippen LogP contribution >= 0.6 is 24.8 Å². The molecular weight excluding hydrogens is 1260 g/mol. The van der Waals surface area contributed by atoms with Crippen LogP contribution in [-0.2, 0) is 42.0 Å². The summed E-state index contributed by atoms with van der Waals surface area (Å²) < 4.78 is 87.4. The molecule has 0 aliphatic heterocycles. The maximum atomic E-state index is 13.3. The van der Waals surface area contributed by atoms with Gasteiger partial charge in [-0.3, -0.25) is 9.59 Å². The summed E-state index contributed by atoms with van der Waals surface area (Å²) in [6.07, 6.45) is 2.61. The van der Waals surface area contributed by atoms with E-state index in [0.717, 1.165) is 22.3 Å². The minimum Gasteiger partial charge on any atom is -0.493 e. The quantitative estimate of drug-likeness (QED) is 0.0442. The van der Waals surface area contributed by atoms with Gasteiger partial charge in [-0.15, -0.1) is 24.8 Å². The van der Waals surface area contributed by atoms with Crippen LogP contribution in [0.1, 0.15) is 86.8 Å². The fraction of sp³-hybridized carbons (Fsp3) is 0.389. The molecule has 2 heterocycles. The van der Waals surface area contributed by atoms with E-state index in [-0.39, 0.29) is 76.0 Å². The summed E-state index contributed by atoms with van der Waals surface area (Å²) in [6.45, 7) is 13.5. The monoisotopic (exact) mass is 1350 g/mol. The zero-order valence-electron chi connectivity index (χ0n) is 55.2. The molecule has 0 saturated carbocycles. The summed E-state index contributed by atoms with van der Waals surface area (Å²) in [7, 11) is 3.03. The van der Waals surface area contributed by atoms with Crippen molar-refractivity contribution in [2.45, 2.75) is 89.6 Å². The Morgan fingerprint density at radius 2 is 0.839 bits per heavy atom. The normalized spacial score (nSPS) is 12.7. The molecule has 2 unspecified atom stereocenters. The third-order valence-electron chi connectivity index (χ3n) is 17.2. The summed E-state index contributed by atoms with van der Waals surface area (Å²) in [5.41, 5.74) is 3.97. The Hall–Kier alpha value is -7.72. The number of halogens is 2. The molecule has 0 aliphatic rings. The highest BCUT2D eigenvalue weighted by Crippen LogP contribution is 2.42. The van der Waals surface area contributed by atoms with E-state index in [9.17, 15) is 36.9 Å². The van der Waals surface area contributed by atoms with E-state index in [2.05, 4.69) is 12.1 Å². The van der Waals surface area contributed by atoms with Crippen LogP contribution in [0.15, 0.2) is 152 Å². The van der Waals surface area contributed by atoms with Crippen molar-refractivity contribution in [3.63, 3.8) is 0 Å². The molecule has 0 saturated heterocycles. The van der Waals surface area contributed by atoms with Crippen molar-refractivity contribution < 1.29 is 50.1 Å². The highest BCUT2D eigenvalue weighted by Gasteiger charge is 2.38. The van der Waals surface area contributed by atoms with Gasteiger partial charge in [-0.2, -0.15) is 10.5 Å². The molecule has 6 aromatic carbocycles. The third kappa shape index (κ3) is 18.4. The highest BCUT2D eigenvalue weighted by molar-refractivity contribution is 7.90. The Kier molecular flexibility index (Phi) is 28.8. The molecule has 2 N–H and O–H groups in total. The molecule has 8 aromatic rings. The number of sulfone groups is 2. The van der Waals surface area contributed by atoms with Gasteiger partial charge in [-0.05, 0) is 126 Å². The first-order valence-electron chi connectivity index (χ1n) is 30.2. The predicted molar refractivity (Wildman–Crippen MR) is 375 cm³/mol. The lowest BCUT2D eigenvalue weighted by molar-refractivity contribution is 0.299. The van der Waals surface area contributed by atoms with Crippen molar-refractivity contribution in [1.29, 1.82) is 10.5 Å². The molecule has 0 radical (unpaired) electrons. The number of benzene rings is 6. The predicted octanol–water partition coefficient (Wildman–Crippen LogP) is 13.1. The second kappa shape index (κ2) is 34.4. The molecule has 0 aliphatic carbocycles. The van der Waals surface area contributed by atoms with Crippen LogP contribution in [-0.4, -0.2) is 112 Å². The van der Waals surface area contributed by atoms with Gasteiger partial charge in [0.15, 0.2) is 53.5 Å². The number of ether oxygens (including phenoxy) is 4. The molecule has 17 nitrogen and oxygen atoms in total. The Morgan fingerprint density at radius 3 is 1.15 bits per heavy atom. The zero-order chi connectivity index (χ0) is 65.6. The molecule has 2 atom stereocenters. The summed E-state index contributed by atoms with van der Waals surface area (Å²) in [5, 5.41) is 21.5. The number of rotatable bonds is 28. The van der Waals surface area contributed by atoms with Crippen LogP contribution in [0, 0.1) is 48.3 Å². The lowest BCUT2D eigenvalue weighted by Crippen LogP contribution is -2.33. The second-order valence-corrected chi connectivity index (χ2v) is 28.1. The summed E-state index contributed by atoms with van der Waals surface area (Å²) in [5.74, 6) is 2.77. The topological polar surface area (TPSA) is 251 Å². The number of para-hydroxylation sites is 2. The first kappa shape index (κ1) is 77.7. The van der Waals surface area contributed by atoms with Crippen molar-refractivity contribution in [3.8, 4) is 57.8 Å². The van der Waals surface area contributed by atoms with Crippen LogP contribution < -0.4 is 29.8 Å². The standard InChI is InChI=1S/2C36H42N2O6S.2ClH.H2O/c2*1-25(2)36(24-37,29-16-17-31(42-5)32(22-29)43-6)18-11-19-38(4)20-21-45(40,41)23-28-14-10-15-30-33(39)26(3)34(44-35(28)30)27-12-8-7-9-13-27;;;/h2*7-10,12-17,22,25H,11,18-21,23H2,1-6H3;2*1H;1H2. The Morgan fingerprint density at radius 1 is 0.495 bits per heavy atom. The van der Waals surface area contributed by atoms with Gasteiger partial charge in [0.2, 0.25) is 0 Å². The van der Waals surface area contributed by atoms with Crippen LogP contribution in [0.25, 0.3) is 44.6 Å². The van der Waals surface area contributed by atoms with E-state index in [1.54, 1.807) is 78.7 Å². The van der Waals surface area contributed by atoms with Gasteiger partial charge >= 0.3 is 0 Å². The third-order valence-corrected chi connectivity index (χ3v) is 20.3. The molecule has 2 aromatic heterocycles. The molecule has 93 heavy (non-hydrogen) atoms. The van der Waals surface area contributed by atoms with E-state index in [4.69, 9.17) is 27.8 Å². The van der Waals surface area contributed by atoms with Crippen molar-refractivity contribution in [3.05, 3.63) is 187 Å². The number of methoxy groups -OCH3 is 4. The molecule has 0 bridgehead atoms. The number of nitrogens with zero attached hydrogens (tertiary/aromatic N) is 4. The maximum absolute atomic E-state index is 13.3. The van der Waals surface area contributed by atoms with E-state index in [0.29, 0.717) is 131 Å². The minimum absolute atomic E-state index is 0. The summed E-state index contributed by atoms with van der Waals surface area (Å²) in [4.78, 5) is 30.3. The van der Waals surface area contributed by atoms with Gasteiger partial charge in [-0.25, -0.2) is 16.8 Å². The summed E-state index contributed by atoms with van der Waals surface area (Å²) in [6, 6.07) is 45.2. The van der Waals surface area contributed by atoms with Crippen molar-refractivity contribution in [2.75, 3.05) is 80.2 Å². The number of nitriles is 2. The van der Waals surface area contributed by atoms with Gasteiger partial charge in [0.25, 0.3) is 0 Å². The van der Waals surface area contributed by atoms with Crippen LogP contribution in [0.3, 0.4) is 0 Å². The van der Waals surface area contributed by atoms with Crippen LogP contribution in [0.2, 0.25) is 0 Å². The lowest BCUT2D eigenvalue weighted by atomic mass is 9.69. The first-order valence-corrected chi connectivity index (χ1v) is 33.8. The van der Waals surface area contributed by atoms with Crippen molar-refractivity contribution >= 4 is 66.4 Å². The molecule has 0 fully saturated rings. The van der Waals surface area contributed by atoms with Gasteiger partial charge < -0.3 is 43.1 Å². The van der Waals surface area contributed by atoms with E-state index in [1.807, 2.05) is 149 Å². The number of fused-ring (bicyclic) bond motifs is 2. The van der Waals surface area contributed by atoms with Crippen molar-refractivity contribution in [2.24, 2.45) is 11.8 Å².